The molecule has 0 saturated carbocycles. The van der Waals surface area contributed by atoms with E-state index in [-0.39, 0.29) is 23.8 Å². The molecule has 3 amide bonds. The van der Waals surface area contributed by atoms with Crippen molar-refractivity contribution in [2.75, 3.05) is 19.6 Å². The van der Waals surface area contributed by atoms with Crippen molar-refractivity contribution in [1.82, 2.24) is 9.80 Å². The number of nitrogens with zero attached hydrogens (tertiary/aromatic N) is 2. The van der Waals surface area contributed by atoms with Gasteiger partial charge in [-0.25, -0.2) is 0 Å². The van der Waals surface area contributed by atoms with Gasteiger partial charge >= 0.3 is 0 Å². The summed E-state index contributed by atoms with van der Waals surface area (Å²) in [5.41, 5.74) is 2.36. The van der Waals surface area contributed by atoms with Crippen LogP contribution < -0.4 is 0 Å². The molecule has 0 aliphatic carbocycles. The molecule has 0 unspecified atom stereocenters. The van der Waals surface area contributed by atoms with Crippen LogP contribution in [0.4, 0.5) is 0 Å². The normalized spacial score (nSPS) is 16.2. The van der Waals surface area contributed by atoms with Crippen LogP contribution in [0.2, 0.25) is 0 Å². The number of piperidine rings is 1. The molecule has 0 bridgehead atoms. The maximum atomic E-state index is 12.5. The first kappa shape index (κ1) is 20.8. The summed E-state index contributed by atoms with van der Waals surface area (Å²) in [6.45, 7) is 1.50. The fraction of sp³-hybridized carbons (Fsp3) is 0.320. The van der Waals surface area contributed by atoms with Crippen molar-refractivity contribution in [2.24, 2.45) is 0 Å². The molecule has 6 heteroatoms. The summed E-state index contributed by atoms with van der Waals surface area (Å²) in [4.78, 5) is 40.3. The first-order valence-electron chi connectivity index (χ1n) is 10.6. The van der Waals surface area contributed by atoms with Crippen molar-refractivity contribution in [3.8, 4) is 11.8 Å². The molecule has 2 aliphatic heterocycles. The molecule has 0 spiro atoms. The average Bonchev–Trinajstić information content (AvgIpc) is 3.04. The standard InChI is InChI=1S/C25H24N2O4/c28-20-13-16-26(17-14-20)23(29)19-11-9-18(10-12-19)6-2-1-5-15-27-24(30)21-7-3-4-8-22(21)25(27)31/h3-4,7-12,20,28H,1,5,13-17H2. The summed E-state index contributed by atoms with van der Waals surface area (Å²) < 4.78 is 0. The molecule has 6 nitrogen and oxygen atoms in total. The van der Waals surface area contributed by atoms with Gasteiger partial charge in [-0.1, -0.05) is 24.0 Å². The molecule has 4 rings (SSSR count). The summed E-state index contributed by atoms with van der Waals surface area (Å²) in [5, 5.41) is 9.58. The zero-order valence-electron chi connectivity index (χ0n) is 17.2. The van der Waals surface area contributed by atoms with Gasteiger partial charge in [0.25, 0.3) is 17.7 Å². The number of hydrogen-bond acceptors (Lipinski definition) is 4. The number of fused-ring (bicyclic) bond motifs is 1. The van der Waals surface area contributed by atoms with Crippen molar-refractivity contribution < 1.29 is 19.5 Å². The molecule has 0 radical (unpaired) electrons. The van der Waals surface area contributed by atoms with Crippen LogP contribution in [0.15, 0.2) is 48.5 Å². The Morgan fingerprint density at radius 2 is 1.58 bits per heavy atom. The van der Waals surface area contributed by atoms with Gasteiger partial charge in [-0.2, -0.15) is 0 Å². The monoisotopic (exact) mass is 416 g/mol. The quantitative estimate of drug-likeness (QED) is 0.472. The molecular formula is C25H24N2O4. The number of likely N-dealkylation sites (tertiary alicyclic amines) is 1. The Morgan fingerprint density at radius 1 is 0.968 bits per heavy atom. The van der Waals surface area contributed by atoms with Crippen LogP contribution in [-0.4, -0.2) is 58.4 Å². The zero-order valence-corrected chi connectivity index (χ0v) is 17.2. The van der Waals surface area contributed by atoms with Crippen molar-refractivity contribution in [3.05, 3.63) is 70.8 Å². The SMILES string of the molecule is O=C(c1ccc(C#CCCCN2C(=O)c3ccccc3C2=O)cc1)N1CCC(O)CC1. The van der Waals surface area contributed by atoms with Gasteiger partial charge in [0.1, 0.15) is 0 Å². The first-order valence-corrected chi connectivity index (χ1v) is 10.6. The molecule has 2 aromatic rings. The van der Waals surface area contributed by atoms with Crippen LogP contribution in [0.5, 0.6) is 0 Å². The predicted molar refractivity (Wildman–Crippen MR) is 116 cm³/mol. The third-order valence-corrected chi connectivity index (χ3v) is 5.68. The van der Waals surface area contributed by atoms with Crippen LogP contribution in [0.1, 0.15) is 62.3 Å². The molecule has 2 aliphatic rings. The van der Waals surface area contributed by atoms with Gasteiger partial charge in [-0.05, 0) is 55.7 Å². The topological polar surface area (TPSA) is 77.9 Å². The Hall–Kier alpha value is -3.43. The molecule has 1 N–H and O–H groups in total. The molecule has 1 fully saturated rings. The average molecular weight is 416 g/mol. The van der Waals surface area contributed by atoms with Gasteiger partial charge in [0.05, 0.1) is 17.2 Å². The molecule has 31 heavy (non-hydrogen) atoms. The molecule has 158 valence electrons. The van der Waals surface area contributed by atoms with Gasteiger partial charge in [0.2, 0.25) is 0 Å². The Kier molecular flexibility index (Phi) is 6.15. The van der Waals surface area contributed by atoms with E-state index in [1.54, 1.807) is 41.3 Å². The number of unbranched alkanes of at least 4 members (excludes halogenated alkanes) is 1. The van der Waals surface area contributed by atoms with Crippen molar-refractivity contribution in [2.45, 2.75) is 31.8 Å². The minimum absolute atomic E-state index is 0.0210. The van der Waals surface area contributed by atoms with Crippen LogP contribution in [0, 0.1) is 11.8 Å². The van der Waals surface area contributed by atoms with E-state index < -0.39 is 0 Å². The lowest BCUT2D eigenvalue weighted by Crippen LogP contribution is -2.40. The summed E-state index contributed by atoms with van der Waals surface area (Å²) >= 11 is 0. The summed E-state index contributed by atoms with van der Waals surface area (Å²) in [6, 6.07) is 14.1. The van der Waals surface area contributed by atoms with E-state index in [1.165, 1.54) is 4.90 Å². The van der Waals surface area contributed by atoms with Crippen LogP contribution >= 0.6 is 0 Å². The second-order valence-electron chi connectivity index (χ2n) is 7.81. The maximum Gasteiger partial charge on any atom is 0.261 e. The minimum Gasteiger partial charge on any atom is -0.393 e. The highest BCUT2D eigenvalue weighted by atomic mass is 16.3. The van der Waals surface area contributed by atoms with E-state index in [9.17, 15) is 19.5 Å². The first-order chi connectivity index (χ1) is 15.0. The van der Waals surface area contributed by atoms with Crippen LogP contribution in [-0.2, 0) is 0 Å². The minimum atomic E-state index is -0.307. The van der Waals surface area contributed by atoms with Gasteiger partial charge < -0.3 is 10.0 Å². The summed E-state index contributed by atoms with van der Waals surface area (Å²) in [6.07, 6.45) is 2.10. The largest absolute Gasteiger partial charge is 0.393 e. The fourth-order valence-electron chi connectivity index (χ4n) is 3.88. The number of amides is 3. The highest BCUT2D eigenvalue weighted by Crippen LogP contribution is 2.22. The van der Waals surface area contributed by atoms with E-state index in [2.05, 4.69) is 11.8 Å². The lowest BCUT2D eigenvalue weighted by molar-refractivity contribution is 0.0545. The third-order valence-electron chi connectivity index (χ3n) is 5.68. The molecule has 1 saturated heterocycles. The molecule has 0 aromatic heterocycles. The van der Waals surface area contributed by atoms with Gasteiger partial charge in [0.15, 0.2) is 0 Å². The Balaban J connectivity index is 1.27. The number of rotatable bonds is 4. The molecule has 2 heterocycles. The Labute approximate surface area is 181 Å². The smallest absolute Gasteiger partial charge is 0.261 e. The number of carbonyl (C=O) groups excluding carboxylic acids is 3. The number of hydrogen-bond donors (Lipinski definition) is 1. The molecular weight excluding hydrogens is 392 g/mol. The van der Waals surface area contributed by atoms with E-state index >= 15 is 0 Å². The van der Waals surface area contributed by atoms with Gasteiger partial charge in [-0.15, -0.1) is 0 Å². The van der Waals surface area contributed by atoms with Crippen LogP contribution in [0.25, 0.3) is 0 Å². The molecule has 0 atom stereocenters. The summed E-state index contributed by atoms with van der Waals surface area (Å²) in [5.74, 6) is 5.64. The second kappa shape index (κ2) is 9.15. The fourth-order valence-corrected chi connectivity index (χ4v) is 3.88. The summed E-state index contributed by atoms with van der Waals surface area (Å²) in [7, 11) is 0. The zero-order chi connectivity index (χ0) is 21.8. The third kappa shape index (κ3) is 4.52. The number of benzene rings is 2. The number of aliphatic hydroxyl groups is 1. The predicted octanol–water partition coefficient (Wildman–Crippen LogP) is 2.71. The van der Waals surface area contributed by atoms with E-state index in [0.29, 0.717) is 62.0 Å². The van der Waals surface area contributed by atoms with Gasteiger partial charge in [0, 0.05) is 37.2 Å². The highest BCUT2D eigenvalue weighted by molar-refractivity contribution is 6.21. The van der Waals surface area contributed by atoms with Gasteiger partial charge in [-0.3, -0.25) is 19.3 Å². The number of carbonyl (C=O) groups is 3. The lowest BCUT2D eigenvalue weighted by Gasteiger charge is -2.29. The van der Waals surface area contributed by atoms with Crippen molar-refractivity contribution in [1.29, 1.82) is 0 Å². The number of aliphatic hydroxyl groups excluding tert-OH is 1. The lowest BCUT2D eigenvalue weighted by atomic mass is 10.1. The van der Waals surface area contributed by atoms with Crippen LogP contribution in [0.3, 0.4) is 0 Å². The maximum absolute atomic E-state index is 12.5. The van der Waals surface area contributed by atoms with E-state index in [1.807, 2.05) is 12.1 Å². The van der Waals surface area contributed by atoms with E-state index in [0.717, 1.165) is 5.56 Å². The van der Waals surface area contributed by atoms with Crippen molar-refractivity contribution >= 4 is 17.7 Å². The Morgan fingerprint density at radius 3 is 2.19 bits per heavy atom. The van der Waals surface area contributed by atoms with Crippen molar-refractivity contribution in [3.63, 3.8) is 0 Å². The van der Waals surface area contributed by atoms with E-state index in [4.69, 9.17) is 0 Å². The highest BCUT2D eigenvalue weighted by Gasteiger charge is 2.34. The number of imide groups is 1. The molecule has 2 aromatic carbocycles. The Bertz CT molecular complexity index is 1020. The second-order valence-corrected chi connectivity index (χ2v) is 7.81.